The van der Waals surface area contributed by atoms with Crippen molar-refractivity contribution < 1.29 is 0 Å². The summed E-state index contributed by atoms with van der Waals surface area (Å²) in [6.07, 6.45) is 4.43. The topological polar surface area (TPSA) is 80.3 Å². The van der Waals surface area contributed by atoms with Crippen molar-refractivity contribution in [2.45, 2.75) is 33.2 Å². The molecule has 8 heteroatoms. The highest BCUT2D eigenvalue weighted by molar-refractivity contribution is 5.75. The van der Waals surface area contributed by atoms with Gasteiger partial charge >= 0.3 is 5.69 Å². The minimum Gasteiger partial charge on any atom is -0.313 e. The van der Waals surface area contributed by atoms with Gasteiger partial charge in [-0.05, 0) is 38.8 Å². The molecule has 0 spiro atoms. The van der Waals surface area contributed by atoms with Gasteiger partial charge in [0.25, 0.3) is 5.56 Å². The Morgan fingerprint density at radius 3 is 2.68 bits per heavy atom. The molecule has 4 heterocycles. The van der Waals surface area contributed by atoms with Crippen molar-refractivity contribution in [3.63, 3.8) is 0 Å². The van der Waals surface area contributed by atoms with E-state index in [0.29, 0.717) is 16.9 Å². The predicted octanol–water partition coefficient (Wildman–Crippen LogP) is 0.716. The highest BCUT2D eigenvalue weighted by atomic mass is 16.2. The van der Waals surface area contributed by atoms with Crippen LogP contribution in [-0.2, 0) is 13.6 Å². The van der Waals surface area contributed by atoms with E-state index in [0.717, 1.165) is 37.8 Å². The first-order valence-electron chi connectivity index (χ1n) is 8.85. The van der Waals surface area contributed by atoms with E-state index in [-0.39, 0.29) is 0 Å². The molecule has 3 aromatic heterocycles. The van der Waals surface area contributed by atoms with E-state index in [9.17, 15) is 9.59 Å². The summed E-state index contributed by atoms with van der Waals surface area (Å²) in [6, 6.07) is 0. The third-order valence-electron chi connectivity index (χ3n) is 5.43. The SMILES string of the molecule is Cc1cn2c3c(=O)[nH]c(=O)n(C)c3nc2n1CCN1CCC(C)CC1. The second-order valence-corrected chi connectivity index (χ2v) is 7.22. The van der Waals surface area contributed by atoms with Gasteiger partial charge < -0.3 is 9.47 Å². The average molecular weight is 344 g/mol. The van der Waals surface area contributed by atoms with Crippen LogP contribution in [0.3, 0.4) is 0 Å². The summed E-state index contributed by atoms with van der Waals surface area (Å²) in [5, 5.41) is 0. The number of aromatic amines is 1. The van der Waals surface area contributed by atoms with E-state index < -0.39 is 11.2 Å². The number of hydrogen-bond donors (Lipinski definition) is 1. The maximum atomic E-state index is 12.2. The third-order valence-corrected chi connectivity index (χ3v) is 5.43. The molecule has 1 aliphatic rings. The molecule has 0 aliphatic carbocycles. The van der Waals surface area contributed by atoms with Gasteiger partial charge in [0, 0.05) is 32.0 Å². The Balaban J connectivity index is 1.72. The maximum Gasteiger partial charge on any atom is 0.329 e. The maximum absolute atomic E-state index is 12.2. The highest BCUT2D eigenvalue weighted by Gasteiger charge is 2.19. The fourth-order valence-corrected chi connectivity index (χ4v) is 3.72. The second kappa shape index (κ2) is 5.87. The molecule has 8 nitrogen and oxygen atoms in total. The van der Waals surface area contributed by atoms with E-state index in [1.165, 1.54) is 17.4 Å². The van der Waals surface area contributed by atoms with Gasteiger partial charge in [-0.3, -0.25) is 18.7 Å². The van der Waals surface area contributed by atoms with E-state index >= 15 is 0 Å². The zero-order chi connectivity index (χ0) is 17.7. The van der Waals surface area contributed by atoms with Crippen molar-refractivity contribution in [3.05, 3.63) is 32.7 Å². The van der Waals surface area contributed by atoms with Gasteiger partial charge in [-0.2, -0.15) is 4.98 Å². The number of hydrogen-bond acceptors (Lipinski definition) is 4. The summed E-state index contributed by atoms with van der Waals surface area (Å²) in [5.74, 6) is 1.53. The largest absolute Gasteiger partial charge is 0.329 e. The molecule has 1 saturated heterocycles. The van der Waals surface area contributed by atoms with Crippen LogP contribution in [0.15, 0.2) is 15.8 Å². The third kappa shape index (κ3) is 2.60. The first-order valence-corrected chi connectivity index (χ1v) is 8.85. The lowest BCUT2D eigenvalue weighted by Crippen LogP contribution is -2.35. The van der Waals surface area contributed by atoms with E-state index in [4.69, 9.17) is 0 Å². The number of H-pyrrole nitrogens is 1. The molecule has 0 radical (unpaired) electrons. The summed E-state index contributed by atoms with van der Waals surface area (Å²) >= 11 is 0. The smallest absolute Gasteiger partial charge is 0.313 e. The van der Waals surface area contributed by atoms with Crippen molar-refractivity contribution in [1.29, 1.82) is 0 Å². The quantitative estimate of drug-likeness (QED) is 0.759. The highest BCUT2D eigenvalue weighted by Crippen LogP contribution is 2.18. The minimum atomic E-state index is -0.441. The average Bonchev–Trinajstić information content (AvgIpc) is 3.08. The molecular weight excluding hydrogens is 320 g/mol. The Bertz CT molecular complexity index is 1050. The molecule has 0 unspecified atom stereocenters. The Kier molecular flexibility index (Phi) is 3.79. The summed E-state index contributed by atoms with van der Waals surface area (Å²) < 4.78 is 5.30. The van der Waals surface area contributed by atoms with E-state index in [2.05, 4.69) is 26.4 Å². The number of fused-ring (bicyclic) bond motifs is 3. The van der Waals surface area contributed by atoms with Gasteiger partial charge in [-0.25, -0.2) is 4.79 Å². The van der Waals surface area contributed by atoms with Gasteiger partial charge in [0.1, 0.15) is 0 Å². The van der Waals surface area contributed by atoms with Crippen LogP contribution < -0.4 is 11.2 Å². The Morgan fingerprint density at radius 2 is 1.96 bits per heavy atom. The molecular formula is C17H24N6O2. The van der Waals surface area contributed by atoms with E-state index in [1.807, 2.05) is 13.1 Å². The number of nitrogens with one attached hydrogen (secondary N) is 1. The van der Waals surface area contributed by atoms with Crippen molar-refractivity contribution in [1.82, 2.24) is 28.4 Å². The zero-order valence-electron chi connectivity index (χ0n) is 14.9. The molecule has 0 bridgehead atoms. The van der Waals surface area contributed by atoms with E-state index in [1.54, 1.807) is 11.4 Å². The number of piperidine rings is 1. The van der Waals surface area contributed by atoms with Crippen LogP contribution >= 0.6 is 0 Å². The van der Waals surface area contributed by atoms with Crippen molar-refractivity contribution in [3.8, 4) is 0 Å². The van der Waals surface area contributed by atoms with Gasteiger partial charge in [0.2, 0.25) is 5.78 Å². The van der Waals surface area contributed by atoms with Gasteiger partial charge in [0.05, 0.1) is 0 Å². The number of aryl methyl sites for hydroxylation is 2. The first kappa shape index (κ1) is 16.1. The van der Waals surface area contributed by atoms with Gasteiger partial charge in [0.15, 0.2) is 11.2 Å². The van der Waals surface area contributed by atoms with Crippen molar-refractivity contribution in [2.24, 2.45) is 13.0 Å². The molecule has 3 aromatic rings. The number of likely N-dealkylation sites (tertiary alicyclic amines) is 1. The normalized spacial score (nSPS) is 17.1. The lowest BCUT2D eigenvalue weighted by Gasteiger charge is -2.30. The van der Waals surface area contributed by atoms with Crippen LogP contribution in [0.25, 0.3) is 16.9 Å². The van der Waals surface area contributed by atoms with Gasteiger partial charge in [-0.1, -0.05) is 6.92 Å². The Morgan fingerprint density at radius 1 is 1.24 bits per heavy atom. The molecule has 0 aromatic carbocycles. The molecule has 134 valence electrons. The van der Waals surface area contributed by atoms with Crippen LogP contribution in [0.1, 0.15) is 25.5 Å². The molecule has 1 fully saturated rings. The standard InChI is InChI=1S/C17H24N6O2/c1-11-4-6-21(7-5-11)8-9-22-12(2)10-23-13-14(18-16(22)23)20(3)17(25)19-15(13)24/h10-11H,4-9H2,1-3H3,(H,19,24,25). The second-order valence-electron chi connectivity index (χ2n) is 7.22. The van der Waals surface area contributed by atoms with Gasteiger partial charge in [-0.15, -0.1) is 0 Å². The number of aromatic nitrogens is 5. The molecule has 0 amide bonds. The molecule has 1 N–H and O–H groups in total. The Hall–Kier alpha value is -2.35. The molecule has 0 atom stereocenters. The van der Waals surface area contributed by atoms with Crippen LogP contribution in [0.4, 0.5) is 0 Å². The van der Waals surface area contributed by atoms with Crippen LogP contribution in [-0.4, -0.2) is 48.0 Å². The number of rotatable bonds is 3. The lowest BCUT2D eigenvalue weighted by atomic mass is 9.99. The molecule has 4 rings (SSSR count). The molecule has 25 heavy (non-hydrogen) atoms. The molecule has 1 aliphatic heterocycles. The first-order chi connectivity index (χ1) is 12.0. The predicted molar refractivity (Wildman–Crippen MR) is 96.1 cm³/mol. The minimum absolute atomic E-state index is 0.396. The van der Waals surface area contributed by atoms with Crippen molar-refractivity contribution in [2.75, 3.05) is 19.6 Å². The Labute approximate surface area is 144 Å². The fourth-order valence-electron chi connectivity index (χ4n) is 3.72. The summed E-state index contributed by atoms with van der Waals surface area (Å²) in [6.45, 7) is 8.41. The number of nitrogens with zero attached hydrogens (tertiary/aromatic N) is 5. The zero-order valence-corrected chi connectivity index (χ0v) is 14.9. The summed E-state index contributed by atoms with van der Waals surface area (Å²) in [7, 11) is 1.62. The number of imidazole rings is 2. The summed E-state index contributed by atoms with van der Waals surface area (Å²) in [4.78, 5) is 33.5. The molecule has 0 saturated carbocycles. The van der Waals surface area contributed by atoms with Crippen molar-refractivity contribution >= 4 is 16.9 Å². The van der Waals surface area contributed by atoms with Crippen LogP contribution in [0, 0.1) is 12.8 Å². The van der Waals surface area contributed by atoms with Crippen LogP contribution in [0.5, 0.6) is 0 Å². The van der Waals surface area contributed by atoms with Crippen LogP contribution in [0.2, 0.25) is 0 Å². The monoisotopic (exact) mass is 344 g/mol. The fraction of sp³-hybridized carbons (Fsp3) is 0.588. The summed E-state index contributed by atoms with van der Waals surface area (Å²) in [5.41, 5.74) is 1.06. The lowest BCUT2D eigenvalue weighted by molar-refractivity contribution is 0.187.